The molecule has 5 nitrogen and oxygen atoms in total. The second-order valence-electron chi connectivity index (χ2n) is 6.91. The van der Waals surface area contributed by atoms with Crippen molar-refractivity contribution in [2.24, 2.45) is 17.3 Å². The molecule has 0 saturated heterocycles. The summed E-state index contributed by atoms with van der Waals surface area (Å²) in [5.74, 6) is -1.14. The number of hydrogen-bond acceptors (Lipinski definition) is 5. The van der Waals surface area contributed by atoms with Gasteiger partial charge in [0.15, 0.2) is 5.78 Å². The fourth-order valence-corrected chi connectivity index (χ4v) is 3.36. The minimum atomic E-state index is -0.485. The number of Topliss-reactive ketones (excluding diaryl/α,β-unsaturated/α-hetero) is 1. The third-order valence-corrected chi connectivity index (χ3v) is 5.08. The predicted octanol–water partition coefficient (Wildman–Crippen LogP) is 2.77. The first-order valence-electron chi connectivity index (χ1n) is 8.04. The summed E-state index contributed by atoms with van der Waals surface area (Å²) in [6.07, 6.45) is 4.93. The second-order valence-corrected chi connectivity index (χ2v) is 6.91. The average Bonchev–Trinajstić information content (AvgIpc) is 2.99. The molecule has 5 heteroatoms. The highest BCUT2D eigenvalue weighted by atomic mass is 16.5. The molecule has 0 spiro atoms. The van der Waals surface area contributed by atoms with E-state index < -0.39 is 12.1 Å². The van der Waals surface area contributed by atoms with Gasteiger partial charge in [-0.3, -0.25) is 9.59 Å². The number of carbonyl (C=O) groups is 3. The van der Waals surface area contributed by atoms with E-state index in [-0.39, 0.29) is 35.4 Å². The van der Waals surface area contributed by atoms with E-state index in [1.54, 1.807) is 12.2 Å². The molecule has 0 radical (unpaired) electrons. The van der Waals surface area contributed by atoms with Crippen LogP contribution >= 0.6 is 0 Å². The third-order valence-electron chi connectivity index (χ3n) is 5.08. The van der Waals surface area contributed by atoms with Crippen molar-refractivity contribution < 1.29 is 23.9 Å². The first-order valence-corrected chi connectivity index (χ1v) is 8.04. The summed E-state index contributed by atoms with van der Waals surface area (Å²) in [5, 5.41) is 0. The fourth-order valence-electron chi connectivity index (χ4n) is 3.36. The lowest BCUT2D eigenvalue weighted by molar-refractivity contribution is -0.150. The molecule has 3 atom stereocenters. The van der Waals surface area contributed by atoms with Crippen LogP contribution in [0.4, 0.5) is 0 Å². The Morgan fingerprint density at radius 3 is 2.62 bits per heavy atom. The average molecular weight is 332 g/mol. The van der Waals surface area contributed by atoms with Gasteiger partial charge in [0.1, 0.15) is 6.10 Å². The standard InChI is InChI=1S/C19H24O5/c1-6-7-12-11(2)15(10-14(12)20)24-18(22)17-13(19(17,3)4)8-9-16(21)23-5/h6,8-9,13,15,17H,1,7,10H2,2-5H3/t13-,15-,17-/m0/s1. The summed E-state index contributed by atoms with van der Waals surface area (Å²) in [6, 6.07) is 0. The van der Waals surface area contributed by atoms with Crippen LogP contribution in [0.3, 0.4) is 0 Å². The Hall–Kier alpha value is -2.17. The molecule has 0 aromatic rings. The van der Waals surface area contributed by atoms with Gasteiger partial charge in [0, 0.05) is 11.6 Å². The van der Waals surface area contributed by atoms with E-state index in [1.165, 1.54) is 13.2 Å². The maximum absolute atomic E-state index is 12.5. The topological polar surface area (TPSA) is 69.7 Å². The van der Waals surface area contributed by atoms with E-state index in [0.29, 0.717) is 12.0 Å². The molecular formula is C19H24O5. The molecule has 2 aliphatic carbocycles. The molecule has 24 heavy (non-hydrogen) atoms. The third kappa shape index (κ3) is 3.35. The van der Waals surface area contributed by atoms with Gasteiger partial charge in [0.2, 0.25) is 0 Å². The summed E-state index contributed by atoms with van der Waals surface area (Å²) in [6.45, 7) is 9.39. The summed E-state index contributed by atoms with van der Waals surface area (Å²) in [5.41, 5.74) is 1.24. The number of methoxy groups -OCH3 is 1. The molecule has 0 amide bonds. The molecule has 0 unspecified atom stereocenters. The molecule has 1 saturated carbocycles. The van der Waals surface area contributed by atoms with E-state index in [9.17, 15) is 14.4 Å². The van der Waals surface area contributed by atoms with Crippen LogP contribution in [-0.4, -0.2) is 30.9 Å². The smallest absolute Gasteiger partial charge is 0.330 e. The van der Waals surface area contributed by atoms with Gasteiger partial charge >= 0.3 is 11.9 Å². The Kier molecular flexibility index (Phi) is 5.11. The van der Waals surface area contributed by atoms with Crippen molar-refractivity contribution in [3.63, 3.8) is 0 Å². The molecule has 0 N–H and O–H groups in total. The predicted molar refractivity (Wildman–Crippen MR) is 88.9 cm³/mol. The Morgan fingerprint density at radius 1 is 1.38 bits per heavy atom. The first kappa shape index (κ1) is 18.2. The SMILES string of the molecule is C=CCC1=C(C)[C@@H](OC(=O)[C@@H]2[C@H](C=CC(=O)OC)C2(C)C)CC1=O. The molecule has 130 valence electrons. The molecule has 1 fully saturated rings. The van der Waals surface area contributed by atoms with Crippen LogP contribution < -0.4 is 0 Å². The van der Waals surface area contributed by atoms with Crippen molar-refractivity contribution in [1.82, 2.24) is 0 Å². The lowest BCUT2D eigenvalue weighted by atomic mass is 10.1. The molecular weight excluding hydrogens is 308 g/mol. The van der Waals surface area contributed by atoms with Crippen molar-refractivity contribution in [1.29, 1.82) is 0 Å². The Bertz CT molecular complexity index is 638. The van der Waals surface area contributed by atoms with Gasteiger partial charge in [-0.25, -0.2) is 4.79 Å². The van der Waals surface area contributed by atoms with Crippen LogP contribution in [0.1, 0.15) is 33.6 Å². The van der Waals surface area contributed by atoms with Crippen molar-refractivity contribution in [3.05, 3.63) is 36.0 Å². The highest BCUT2D eigenvalue weighted by Crippen LogP contribution is 2.59. The van der Waals surface area contributed by atoms with E-state index in [2.05, 4.69) is 11.3 Å². The minimum Gasteiger partial charge on any atom is -0.466 e. The van der Waals surface area contributed by atoms with E-state index in [4.69, 9.17) is 4.74 Å². The van der Waals surface area contributed by atoms with Crippen molar-refractivity contribution in [3.8, 4) is 0 Å². The lowest BCUT2D eigenvalue weighted by Gasteiger charge is -2.13. The Balaban J connectivity index is 2.03. The van der Waals surface area contributed by atoms with Gasteiger partial charge in [-0.05, 0) is 30.3 Å². The van der Waals surface area contributed by atoms with Crippen molar-refractivity contribution in [2.45, 2.75) is 39.7 Å². The summed E-state index contributed by atoms with van der Waals surface area (Å²) >= 11 is 0. The second kappa shape index (κ2) is 6.75. The number of hydrogen-bond donors (Lipinski definition) is 0. The van der Waals surface area contributed by atoms with Gasteiger partial charge in [-0.2, -0.15) is 0 Å². The Labute approximate surface area is 142 Å². The molecule has 0 aromatic heterocycles. The van der Waals surface area contributed by atoms with Gasteiger partial charge in [0.05, 0.1) is 19.4 Å². The lowest BCUT2D eigenvalue weighted by Crippen LogP contribution is -2.20. The highest BCUT2D eigenvalue weighted by Gasteiger charge is 2.61. The quantitative estimate of drug-likeness (QED) is 0.425. The number of ketones is 1. The molecule has 2 aliphatic rings. The zero-order valence-corrected chi connectivity index (χ0v) is 14.6. The largest absolute Gasteiger partial charge is 0.466 e. The van der Waals surface area contributed by atoms with Crippen LogP contribution in [-0.2, 0) is 23.9 Å². The van der Waals surface area contributed by atoms with Crippen LogP contribution in [0.15, 0.2) is 36.0 Å². The molecule has 0 bridgehead atoms. The number of rotatable bonds is 6. The van der Waals surface area contributed by atoms with E-state index >= 15 is 0 Å². The number of ether oxygens (including phenoxy) is 2. The first-order chi connectivity index (χ1) is 11.2. The highest BCUT2D eigenvalue weighted by molar-refractivity contribution is 6.00. The maximum atomic E-state index is 12.5. The summed E-state index contributed by atoms with van der Waals surface area (Å²) in [7, 11) is 1.31. The number of allylic oxidation sites excluding steroid dienone is 3. The van der Waals surface area contributed by atoms with Crippen LogP contribution in [0.2, 0.25) is 0 Å². The van der Waals surface area contributed by atoms with Crippen molar-refractivity contribution >= 4 is 17.7 Å². The molecule has 0 heterocycles. The van der Waals surface area contributed by atoms with Gasteiger partial charge < -0.3 is 9.47 Å². The van der Waals surface area contributed by atoms with Crippen LogP contribution in [0.5, 0.6) is 0 Å². The molecule has 0 aliphatic heterocycles. The number of esters is 2. The van der Waals surface area contributed by atoms with E-state index in [1.807, 2.05) is 20.8 Å². The fraction of sp³-hybridized carbons (Fsp3) is 0.526. The van der Waals surface area contributed by atoms with Gasteiger partial charge in [-0.1, -0.05) is 26.0 Å². The molecule has 2 rings (SSSR count). The van der Waals surface area contributed by atoms with Gasteiger partial charge in [-0.15, -0.1) is 6.58 Å². The zero-order valence-electron chi connectivity index (χ0n) is 14.6. The number of carbonyl (C=O) groups excluding carboxylic acids is 3. The van der Waals surface area contributed by atoms with Gasteiger partial charge in [0.25, 0.3) is 0 Å². The van der Waals surface area contributed by atoms with Crippen LogP contribution in [0.25, 0.3) is 0 Å². The summed E-state index contributed by atoms with van der Waals surface area (Å²) in [4.78, 5) is 35.7. The minimum absolute atomic E-state index is 0.0161. The zero-order chi connectivity index (χ0) is 18.1. The van der Waals surface area contributed by atoms with Crippen molar-refractivity contribution in [2.75, 3.05) is 7.11 Å². The normalized spacial score (nSPS) is 28.2. The summed E-state index contributed by atoms with van der Waals surface area (Å²) < 4.78 is 10.2. The van der Waals surface area contributed by atoms with Crippen LogP contribution in [0, 0.1) is 17.3 Å². The van der Waals surface area contributed by atoms with E-state index in [0.717, 1.165) is 5.57 Å². The monoisotopic (exact) mass is 332 g/mol. The Morgan fingerprint density at radius 2 is 2.04 bits per heavy atom. The maximum Gasteiger partial charge on any atom is 0.330 e. The molecule has 0 aromatic carbocycles.